The molecule has 0 amide bonds. The van der Waals surface area contributed by atoms with Crippen LogP contribution in [0.5, 0.6) is 0 Å². The maximum absolute atomic E-state index is 6.16. The molecule has 0 aliphatic rings. The monoisotopic (exact) mass is 344 g/mol. The van der Waals surface area contributed by atoms with Crippen molar-refractivity contribution in [2.24, 2.45) is 0 Å². The molecule has 0 bridgehead atoms. The highest BCUT2D eigenvalue weighted by atomic mass is 35.5. The van der Waals surface area contributed by atoms with Crippen LogP contribution < -0.4 is 10.2 Å². The first-order chi connectivity index (χ1) is 11.6. The SMILES string of the molecule is COCCNc1c(-c2ccc(N(C)C)cc2)nc2ccc(Cl)cn12. The van der Waals surface area contributed by atoms with Gasteiger partial charge in [0.1, 0.15) is 17.2 Å². The summed E-state index contributed by atoms with van der Waals surface area (Å²) in [6.45, 7) is 1.31. The van der Waals surface area contributed by atoms with E-state index in [1.54, 1.807) is 7.11 Å². The van der Waals surface area contributed by atoms with Gasteiger partial charge in [-0.05, 0) is 24.3 Å². The van der Waals surface area contributed by atoms with E-state index >= 15 is 0 Å². The number of pyridine rings is 1. The Morgan fingerprint density at radius 3 is 2.58 bits per heavy atom. The zero-order valence-corrected chi connectivity index (χ0v) is 14.8. The van der Waals surface area contributed by atoms with E-state index in [-0.39, 0.29) is 0 Å². The Kier molecular flexibility index (Phi) is 4.92. The lowest BCUT2D eigenvalue weighted by molar-refractivity contribution is 0.210. The lowest BCUT2D eigenvalue weighted by Crippen LogP contribution is -2.10. The third kappa shape index (κ3) is 3.32. The number of hydrogen-bond acceptors (Lipinski definition) is 4. The first-order valence-electron chi connectivity index (χ1n) is 7.78. The molecule has 0 saturated heterocycles. The number of benzene rings is 1. The van der Waals surface area contributed by atoms with Crippen molar-refractivity contribution in [1.29, 1.82) is 0 Å². The van der Waals surface area contributed by atoms with E-state index in [0.717, 1.165) is 28.4 Å². The van der Waals surface area contributed by atoms with Crippen LogP contribution in [0.3, 0.4) is 0 Å². The molecule has 0 radical (unpaired) electrons. The van der Waals surface area contributed by atoms with E-state index in [1.807, 2.05) is 36.8 Å². The van der Waals surface area contributed by atoms with Crippen molar-refractivity contribution in [3.63, 3.8) is 0 Å². The van der Waals surface area contributed by atoms with E-state index in [2.05, 4.69) is 34.5 Å². The van der Waals surface area contributed by atoms with Gasteiger partial charge in [-0.1, -0.05) is 23.7 Å². The predicted molar refractivity (Wildman–Crippen MR) is 100 cm³/mol. The Balaban J connectivity index is 2.06. The predicted octanol–water partition coefficient (Wildman–Crippen LogP) is 3.78. The van der Waals surface area contributed by atoms with Gasteiger partial charge in [-0.25, -0.2) is 4.98 Å². The van der Waals surface area contributed by atoms with E-state index in [1.165, 1.54) is 0 Å². The first kappa shape index (κ1) is 16.6. The fraction of sp³-hybridized carbons (Fsp3) is 0.278. The van der Waals surface area contributed by atoms with E-state index < -0.39 is 0 Å². The number of halogens is 1. The molecule has 0 fully saturated rings. The average molecular weight is 345 g/mol. The van der Waals surface area contributed by atoms with Crippen LogP contribution in [-0.4, -0.2) is 43.7 Å². The zero-order chi connectivity index (χ0) is 17.1. The first-order valence-corrected chi connectivity index (χ1v) is 8.16. The van der Waals surface area contributed by atoms with E-state index in [4.69, 9.17) is 21.3 Å². The van der Waals surface area contributed by atoms with Gasteiger partial charge in [0.05, 0.1) is 11.6 Å². The van der Waals surface area contributed by atoms with Gasteiger partial charge in [-0.3, -0.25) is 4.40 Å². The van der Waals surface area contributed by atoms with Crippen LogP contribution in [0, 0.1) is 0 Å². The molecule has 2 aromatic heterocycles. The molecule has 3 rings (SSSR count). The molecule has 1 aromatic carbocycles. The second-order valence-corrected chi connectivity index (χ2v) is 6.18. The topological polar surface area (TPSA) is 41.8 Å². The highest BCUT2D eigenvalue weighted by molar-refractivity contribution is 6.30. The third-order valence-corrected chi connectivity index (χ3v) is 4.06. The summed E-state index contributed by atoms with van der Waals surface area (Å²) in [5.41, 5.74) is 3.96. The van der Waals surface area contributed by atoms with Crippen molar-refractivity contribution in [2.45, 2.75) is 0 Å². The van der Waals surface area contributed by atoms with Gasteiger partial charge >= 0.3 is 0 Å². The standard InChI is InChI=1S/C18H21ClN4O/c1-22(2)15-7-4-13(5-8-15)17-18(20-10-11-24-3)23-12-14(19)6-9-16(23)21-17/h4-9,12,20H,10-11H2,1-3H3. The molecule has 0 atom stereocenters. The van der Waals surface area contributed by atoms with Gasteiger partial charge in [0.25, 0.3) is 0 Å². The number of aromatic nitrogens is 2. The van der Waals surface area contributed by atoms with Crippen LogP contribution in [0.4, 0.5) is 11.5 Å². The lowest BCUT2D eigenvalue weighted by atomic mass is 10.1. The summed E-state index contributed by atoms with van der Waals surface area (Å²) in [5, 5.41) is 4.08. The molecule has 6 heteroatoms. The number of ether oxygens (including phenoxy) is 1. The number of nitrogens with one attached hydrogen (secondary N) is 1. The molecule has 2 heterocycles. The van der Waals surface area contributed by atoms with Crippen molar-refractivity contribution in [2.75, 3.05) is 44.6 Å². The smallest absolute Gasteiger partial charge is 0.139 e. The molecule has 24 heavy (non-hydrogen) atoms. The minimum Gasteiger partial charge on any atom is -0.383 e. The summed E-state index contributed by atoms with van der Waals surface area (Å²) in [4.78, 5) is 6.84. The molecule has 0 unspecified atom stereocenters. The number of anilines is 2. The highest BCUT2D eigenvalue weighted by Crippen LogP contribution is 2.30. The van der Waals surface area contributed by atoms with Crippen LogP contribution in [0.2, 0.25) is 5.02 Å². The van der Waals surface area contributed by atoms with Crippen LogP contribution in [-0.2, 0) is 4.74 Å². The Bertz CT molecular complexity index is 827. The molecule has 1 N–H and O–H groups in total. The third-order valence-electron chi connectivity index (χ3n) is 3.84. The molecular formula is C18H21ClN4O. The average Bonchev–Trinajstić information content (AvgIpc) is 2.93. The van der Waals surface area contributed by atoms with Gasteiger partial charge in [0.2, 0.25) is 0 Å². The van der Waals surface area contributed by atoms with E-state index in [9.17, 15) is 0 Å². The summed E-state index contributed by atoms with van der Waals surface area (Å²) in [5.74, 6) is 0.919. The highest BCUT2D eigenvalue weighted by Gasteiger charge is 2.14. The minimum absolute atomic E-state index is 0.618. The van der Waals surface area contributed by atoms with Gasteiger partial charge in [0.15, 0.2) is 0 Å². The Hall–Kier alpha value is -2.24. The van der Waals surface area contributed by atoms with Crippen molar-refractivity contribution in [3.8, 4) is 11.3 Å². The summed E-state index contributed by atoms with van der Waals surface area (Å²) < 4.78 is 7.12. The van der Waals surface area contributed by atoms with Gasteiger partial charge in [0, 0.05) is 45.2 Å². The van der Waals surface area contributed by atoms with Crippen LogP contribution in [0.1, 0.15) is 0 Å². The fourth-order valence-electron chi connectivity index (χ4n) is 2.58. The van der Waals surface area contributed by atoms with E-state index in [0.29, 0.717) is 18.2 Å². The molecule has 126 valence electrons. The summed E-state index contributed by atoms with van der Waals surface area (Å²) in [7, 11) is 5.74. The maximum atomic E-state index is 6.16. The molecule has 0 saturated carbocycles. The second-order valence-electron chi connectivity index (χ2n) is 5.75. The molecule has 0 aliphatic heterocycles. The number of fused-ring (bicyclic) bond motifs is 1. The second kappa shape index (κ2) is 7.11. The summed E-state index contributed by atoms with van der Waals surface area (Å²) in [6.07, 6.45) is 1.87. The Morgan fingerprint density at radius 2 is 1.92 bits per heavy atom. The number of rotatable bonds is 6. The van der Waals surface area contributed by atoms with Crippen molar-refractivity contribution in [1.82, 2.24) is 9.38 Å². The summed E-state index contributed by atoms with van der Waals surface area (Å²) in [6, 6.07) is 12.1. The fourth-order valence-corrected chi connectivity index (χ4v) is 2.74. The largest absolute Gasteiger partial charge is 0.383 e. The van der Waals surface area contributed by atoms with Crippen molar-refractivity contribution >= 4 is 28.8 Å². The maximum Gasteiger partial charge on any atom is 0.139 e. The number of methoxy groups -OCH3 is 1. The molecule has 3 aromatic rings. The van der Waals surface area contributed by atoms with Gasteiger partial charge in [-0.2, -0.15) is 0 Å². The van der Waals surface area contributed by atoms with Crippen LogP contribution in [0.15, 0.2) is 42.6 Å². The molecule has 0 spiro atoms. The van der Waals surface area contributed by atoms with Crippen LogP contribution >= 0.6 is 11.6 Å². The molecular weight excluding hydrogens is 324 g/mol. The number of hydrogen-bond donors (Lipinski definition) is 1. The van der Waals surface area contributed by atoms with Crippen molar-refractivity contribution in [3.05, 3.63) is 47.6 Å². The summed E-state index contributed by atoms with van der Waals surface area (Å²) >= 11 is 6.16. The minimum atomic E-state index is 0.618. The molecule has 5 nitrogen and oxygen atoms in total. The van der Waals surface area contributed by atoms with Crippen molar-refractivity contribution < 1.29 is 4.74 Å². The lowest BCUT2D eigenvalue weighted by Gasteiger charge is -2.13. The van der Waals surface area contributed by atoms with Gasteiger partial charge < -0.3 is 15.0 Å². The number of imidazole rings is 1. The number of nitrogens with zero attached hydrogens (tertiary/aromatic N) is 3. The zero-order valence-electron chi connectivity index (χ0n) is 14.1. The normalized spacial score (nSPS) is 11.0. The van der Waals surface area contributed by atoms with Crippen LogP contribution in [0.25, 0.3) is 16.9 Å². The molecule has 0 aliphatic carbocycles. The Morgan fingerprint density at radius 1 is 1.17 bits per heavy atom. The van der Waals surface area contributed by atoms with Gasteiger partial charge in [-0.15, -0.1) is 0 Å². The quantitative estimate of drug-likeness (QED) is 0.691. The Labute approximate surface area is 146 Å².